The highest BCUT2D eigenvalue weighted by Gasteiger charge is 2.51. The Balaban J connectivity index is 1.20. The summed E-state index contributed by atoms with van der Waals surface area (Å²) < 4.78 is 7.57. The number of rotatable bonds is 7. The van der Waals surface area contributed by atoms with Crippen molar-refractivity contribution in [1.82, 2.24) is 25.4 Å². The van der Waals surface area contributed by atoms with E-state index in [1.165, 1.54) is 31.0 Å². The zero-order valence-electron chi connectivity index (χ0n) is 20.6. The van der Waals surface area contributed by atoms with Crippen molar-refractivity contribution >= 4 is 29.6 Å². The zero-order valence-corrected chi connectivity index (χ0v) is 21.4. The molecule has 1 unspecified atom stereocenters. The van der Waals surface area contributed by atoms with Crippen molar-refractivity contribution in [3.8, 4) is 0 Å². The van der Waals surface area contributed by atoms with E-state index in [0.717, 1.165) is 62.6 Å². The van der Waals surface area contributed by atoms with Crippen LogP contribution >= 0.6 is 11.8 Å². The third kappa shape index (κ3) is 5.08. The van der Waals surface area contributed by atoms with Crippen molar-refractivity contribution in [2.45, 2.75) is 81.8 Å². The number of ether oxygens (including phenoxy) is 1. The van der Waals surface area contributed by atoms with Crippen LogP contribution in [0.4, 0.5) is 10.7 Å². The summed E-state index contributed by atoms with van der Waals surface area (Å²) in [6.45, 7) is 9.81. The number of imide groups is 1. The summed E-state index contributed by atoms with van der Waals surface area (Å²) >= 11 is 1.36. The summed E-state index contributed by atoms with van der Waals surface area (Å²) in [5, 5.41) is 14.9. The Morgan fingerprint density at radius 2 is 1.68 bits per heavy atom. The maximum absolute atomic E-state index is 12.9. The molecule has 6 rings (SSSR count). The average Bonchev–Trinajstić information content (AvgIpc) is 3.14. The Morgan fingerprint density at radius 3 is 2.26 bits per heavy atom. The number of carbonyl (C=O) groups excluding carboxylic acids is 2. The largest absolute Gasteiger partial charge is 0.378 e. The number of nitrogens with one attached hydrogen (secondary N) is 2. The van der Waals surface area contributed by atoms with Crippen LogP contribution in [0.3, 0.4) is 0 Å². The highest BCUT2D eigenvalue weighted by molar-refractivity contribution is 8.00. The number of urea groups is 1. The van der Waals surface area contributed by atoms with Crippen LogP contribution in [0.5, 0.6) is 0 Å². The quantitative estimate of drug-likeness (QED) is 0.567. The summed E-state index contributed by atoms with van der Waals surface area (Å²) in [7, 11) is 0. The summed E-state index contributed by atoms with van der Waals surface area (Å²) in [6, 6.07) is -0.350. The number of aromatic nitrogens is 3. The van der Waals surface area contributed by atoms with Crippen LogP contribution in [-0.4, -0.2) is 63.8 Å². The molecular weight excluding hydrogens is 452 g/mol. The molecule has 5 fully saturated rings. The third-order valence-corrected chi connectivity index (χ3v) is 8.92. The maximum Gasteiger partial charge on any atom is 0.321 e. The Bertz CT molecular complexity index is 877. The standard InChI is InChI=1S/C24H38N6O3S/c1-15(2)14-30-22(29-4-6-33-7-5-29)27-28-23(30)34-16(3)20(31)25-21(32)26-24-11-17-8-18(12-24)10-19(9-17)13-24/h15-19H,4-14H2,1-3H3,(H2,25,26,31,32). The molecule has 2 N–H and O–H groups in total. The number of hydrogen-bond acceptors (Lipinski definition) is 7. The van der Waals surface area contributed by atoms with Gasteiger partial charge in [-0.3, -0.25) is 14.7 Å². The molecule has 188 valence electrons. The fraction of sp³-hybridized carbons (Fsp3) is 0.833. The molecule has 4 saturated carbocycles. The predicted octanol–water partition coefficient (Wildman–Crippen LogP) is 3.05. The third-order valence-electron chi connectivity index (χ3n) is 7.84. The molecule has 2 heterocycles. The molecule has 1 aromatic heterocycles. The van der Waals surface area contributed by atoms with Crippen molar-refractivity contribution in [2.75, 3.05) is 31.2 Å². The van der Waals surface area contributed by atoms with Gasteiger partial charge in [0.1, 0.15) is 0 Å². The Kier molecular flexibility index (Phi) is 6.81. The van der Waals surface area contributed by atoms with E-state index in [4.69, 9.17) is 4.74 Å². The minimum Gasteiger partial charge on any atom is -0.378 e. The smallest absolute Gasteiger partial charge is 0.321 e. The second kappa shape index (κ2) is 9.68. The molecular formula is C24H38N6O3S. The number of anilines is 1. The van der Waals surface area contributed by atoms with E-state index in [9.17, 15) is 9.59 Å². The van der Waals surface area contributed by atoms with Gasteiger partial charge in [-0.25, -0.2) is 4.79 Å². The SMILES string of the molecule is CC(C)Cn1c(SC(C)C(=O)NC(=O)NC23CC4CC(CC(C4)C2)C3)nnc1N1CCOCC1. The molecule has 34 heavy (non-hydrogen) atoms. The first-order valence-electron chi connectivity index (χ1n) is 12.9. The minimum atomic E-state index is -0.463. The van der Waals surface area contributed by atoms with Gasteiger partial charge < -0.3 is 15.0 Å². The zero-order chi connectivity index (χ0) is 23.9. The van der Waals surface area contributed by atoms with Gasteiger partial charge in [0.05, 0.1) is 18.5 Å². The average molecular weight is 491 g/mol. The van der Waals surface area contributed by atoms with E-state index in [-0.39, 0.29) is 17.5 Å². The van der Waals surface area contributed by atoms with Crippen molar-refractivity contribution < 1.29 is 14.3 Å². The lowest BCUT2D eigenvalue weighted by atomic mass is 9.53. The van der Waals surface area contributed by atoms with Gasteiger partial charge in [0.15, 0.2) is 5.16 Å². The topological polar surface area (TPSA) is 101 Å². The molecule has 10 heteroatoms. The molecule has 3 amide bonds. The fourth-order valence-corrected chi connectivity index (χ4v) is 7.70. The Morgan fingerprint density at radius 1 is 1.06 bits per heavy atom. The summed E-state index contributed by atoms with van der Waals surface area (Å²) in [6.07, 6.45) is 7.14. The van der Waals surface area contributed by atoms with Crippen LogP contribution in [0.25, 0.3) is 0 Å². The minimum absolute atomic E-state index is 0.111. The molecule has 5 aliphatic rings. The molecule has 4 aliphatic carbocycles. The van der Waals surface area contributed by atoms with E-state index >= 15 is 0 Å². The molecule has 9 nitrogen and oxygen atoms in total. The molecule has 0 aromatic carbocycles. The van der Waals surface area contributed by atoms with Crippen LogP contribution < -0.4 is 15.5 Å². The molecule has 4 bridgehead atoms. The summed E-state index contributed by atoms with van der Waals surface area (Å²) in [5.41, 5.74) is -0.111. The van der Waals surface area contributed by atoms with Crippen LogP contribution in [0.1, 0.15) is 59.3 Å². The number of morpholine rings is 1. The van der Waals surface area contributed by atoms with E-state index in [0.29, 0.717) is 24.3 Å². The first-order chi connectivity index (χ1) is 16.3. The number of hydrogen-bond donors (Lipinski definition) is 2. The van der Waals surface area contributed by atoms with Crippen molar-refractivity contribution in [3.05, 3.63) is 0 Å². The van der Waals surface area contributed by atoms with Crippen LogP contribution in [-0.2, 0) is 16.1 Å². The van der Waals surface area contributed by atoms with Crippen LogP contribution in [0, 0.1) is 23.7 Å². The lowest BCUT2D eigenvalue weighted by Gasteiger charge is -2.56. The molecule has 0 radical (unpaired) electrons. The molecule has 0 spiro atoms. The second-order valence-corrected chi connectivity index (χ2v) is 12.6. The highest BCUT2D eigenvalue weighted by Crippen LogP contribution is 2.55. The molecule has 1 saturated heterocycles. The second-order valence-electron chi connectivity index (χ2n) is 11.3. The van der Waals surface area contributed by atoms with Gasteiger partial charge in [0, 0.05) is 25.2 Å². The fourth-order valence-electron chi connectivity index (χ4n) is 6.85. The van der Waals surface area contributed by atoms with Gasteiger partial charge in [-0.15, -0.1) is 10.2 Å². The number of amides is 3. The van der Waals surface area contributed by atoms with Gasteiger partial charge in [-0.1, -0.05) is 25.6 Å². The first-order valence-corrected chi connectivity index (χ1v) is 13.7. The predicted molar refractivity (Wildman–Crippen MR) is 131 cm³/mol. The van der Waals surface area contributed by atoms with Gasteiger partial charge in [0.2, 0.25) is 11.9 Å². The van der Waals surface area contributed by atoms with E-state index in [2.05, 4.69) is 44.1 Å². The van der Waals surface area contributed by atoms with Gasteiger partial charge in [-0.05, 0) is 69.1 Å². The lowest BCUT2D eigenvalue weighted by Crippen LogP contribution is -2.62. The summed E-state index contributed by atoms with van der Waals surface area (Å²) in [4.78, 5) is 27.9. The van der Waals surface area contributed by atoms with Gasteiger partial charge >= 0.3 is 6.03 Å². The van der Waals surface area contributed by atoms with E-state index < -0.39 is 5.25 Å². The summed E-state index contributed by atoms with van der Waals surface area (Å²) in [5.74, 6) is 3.16. The monoisotopic (exact) mass is 490 g/mol. The first kappa shape index (κ1) is 23.9. The number of carbonyl (C=O) groups is 2. The molecule has 1 atom stereocenters. The Labute approximate surface area is 206 Å². The van der Waals surface area contributed by atoms with Gasteiger partial charge in [-0.2, -0.15) is 0 Å². The van der Waals surface area contributed by atoms with Crippen molar-refractivity contribution in [1.29, 1.82) is 0 Å². The Hall–Kier alpha value is -1.81. The normalized spacial score (nSPS) is 31.1. The number of thioether (sulfide) groups is 1. The van der Waals surface area contributed by atoms with Gasteiger partial charge in [0.25, 0.3) is 0 Å². The van der Waals surface area contributed by atoms with Crippen molar-refractivity contribution in [3.63, 3.8) is 0 Å². The van der Waals surface area contributed by atoms with E-state index in [1.807, 2.05) is 6.92 Å². The van der Waals surface area contributed by atoms with Crippen LogP contribution in [0.15, 0.2) is 5.16 Å². The molecule has 1 aromatic rings. The van der Waals surface area contributed by atoms with E-state index in [1.54, 1.807) is 0 Å². The number of nitrogens with zero attached hydrogens (tertiary/aromatic N) is 4. The lowest BCUT2D eigenvalue weighted by molar-refractivity contribution is -0.119. The highest BCUT2D eigenvalue weighted by atomic mass is 32.2. The van der Waals surface area contributed by atoms with Crippen LogP contribution in [0.2, 0.25) is 0 Å². The molecule has 1 aliphatic heterocycles. The van der Waals surface area contributed by atoms with Crippen molar-refractivity contribution in [2.24, 2.45) is 23.7 Å². The maximum atomic E-state index is 12.9.